The van der Waals surface area contributed by atoms with E-state index in [2.05, 4.69) is 38.7 Å². The fourth-order valence-corrected chi connectivity index (χ4v) is 4.84. The molecule has 1 fully saturated rings. The van der Waals surface area contributed by atoms with E-state index in [4.69, 9.17) is 5.11 Å². The number of carboxylic acid groups (broad SMARTS) is 1. The van der Waals surface area contributed by atoms with Crippen LogP contribution in [0.1, 0.15) is 46.4 Å². The van der Waals surface area contributed by atoms with Gasteiger partial charge in [-0.05, 0) is 87.3 Å². The van der Waals surface area contributed by atoms with Gasteiger partial charge in [-0.2, -0.15) is 0 Å². The number of hydrogen-bond donors (Lipinski definition) is 4. The zero-order valence-electron chi connectivity index (χ0n) is 19.4. The summed E-state index contributed by atoms with van der Waals surface area (Å²) in [5, 5.41) is 15.0. The molecule has 0 unspecified atom stereocenters. The van der Waals surface area contributed by atoms with Gasteiger partial charge in [0.2, 0.25) is 0 Å². The minimum atomic E-state index is -1.12. The number of nitrogens with zero attached hydrogens (tertiary/aromatic N) is 1. The number of nitrogens with one attached hydrogen (secondary N) is 3. The van der Waals surface area contributed by atoms with Gasteiger partial charge in [-0.1, -0.05) is 12.1 Å². The van der Waals surface area contributed by atoms with Crippen LogP contribution in [0.15, 0.2) is 42.5 Å². The normalized spacial score (nSPS) is 16.6. The molecular weight excluding hydrogens is 444 g/mol. The van der Waals surface area contributed by atoms with E-state index in [0.29, 0.717) is 16.8 Å². The SMILES string of the molecule is O=C(O)CNC(=O)c1ccc2c(c1)NC(=O)/C2=C/c1cc2cc(CCCN3CCCC3)ccc2[nH]1. The Morgan fingerprint density at radius 3 is 2.71 bits per heavy atom. The first-order chi connectivity index (χ1) is 17.0. The lowest BCUT2D eigenvalue weighted by Gasteiger charge is -2.13. The Morgan fingerprint density at radius 2 is 1.91 bits per heavy atom. The number of amides is 2. The van der Waals surface area contributed by atoms with Crippen molar-refractivity contribution in [2.45, 2.75) is 25.7 Å². The highest BCUT2D eigenvalue weighted by atomic mass is 16.4. The van der Waals surface area contributed by atoms with Crippen LogP contribution < -0.4 is 10.6 Å². The van der Waals surface area contributed by atoms with Crippen molar-refractivity contribution in [3.05, 3.63) is 64.8 Å². The summed E-state index contributed by atoms with van der Waals surface area (Å²) in [6, 6.07) is 13.4. The molecular formula is C27H28N4O4. The Kier molecular flexibility index (Phi) is 6.37. The van der Waals surface area contributed by atoms with Gasteiger partial charge in [0.1, 0.15) is 6.54 Å². The first-order valence-electron chi connectivity index (χ1n) is 12.0. The van der Waals surface area contributed by atoms with Crippen LogP contribution in [0.5, 0.6) is 0 Å². The molecule has 35 heavy (non-hydrogen) atoms. The van der Waals surface area contributed by atoms with Crippen LogP contribution >= 0.6 is 0 Å². The molecule has 0 aliphatic carbocycles. The van der Waals surface area contributed by atoms with Crippen LogP contribution in [0.3, 0.4) is 0 Å². The van der Waals surface area contributed by atoms with E-state index in [1.54, 1.807) is 18.2 Å². The molecule has 2 aliphatic rings. The zero-order valence-corrected chi connectivity index (χ0v) is 19.4. The van der Waals surface area contributed by atoms with E-state index in [-0.39, 0.29) is 11.5 Å². The van der Waals surface area contributed by atoms with Gasteiger partial charge >= 0.3 is 5.97 Å². The average molecular weight is 473 g/mol. The van der Waals surface area contributed by atoms with Gasteiger partial charge in [-0.3, -0.25) is 14.4 Å². The molecule has 1 aromatic heterocycles. The summed E-state index contributed by atoms with van der Waals surface area (Å²) < 4.78 is 0. The third-order valence-electron chi connectivity index (χ3n) is 6.61. The lowest BCUT2D eigenvalue weighted by molar-refractivity contribution is -0.135. The Bertz CT molecular complexity index is 1330. The molecule has 5 rings (SSSR count). The molecule has 2 amide bonds. The lowest BCUT2D eigenvalue weighted by Crippen LogP contribution is -2.29. The van der Waals surface area contributed by atoms with E-state index in [9.17, 15) is 14.4 Å². The average Bonchev–Trinajstić information content (AvgIpc) is 3.56. The van der Waals surface area contributed by atoms with Crippen molar-refractivity contribution in [2.24, 2.45) is 0 Å². The molecule has 3 heterocycles. The van der Waals surface area contributed by atoms with Crippen molar-refractivity contribution < 1.29 is 19.5 Å². The number of carbonyl (C=O) groups excluding carboxylic acids is 2. The van der Waals surface area contributed by atoms with Crippen LogP contribution in [-0.4, -0.2) is 59.0 Å². The highest BCUT2D eigenvalue weighted by Gasteiger charge is 2.25. The highest BCUT2D eigenvalue weighted by Crippen LogP contribution is 2.34. The number of anilines is 1. The zero-order chi connectivity index (χ0) is 24.4. The molecule has 180 valence electrons. The largest absolute Gasteiger partial charge is 0.480 e. The van der Waals surface area contributed by atoms with Crippen LogP contribution in [0.2, 0.25) is 0 Å². The van der Waals surface area contributed by atoms with Crippen molar-refractivity contribution >= 4 is 46.0 Å². The smallest absolute Gasteiger partial charge is 0.322 e. The number of aromatic nitrogens is 1. The first kappa shape index (κ1) is 22.9. The number of aliphatic carboxylic acids is 1. The summed E-state index contributed by atoms with van der Waals surface area (Å²) in [5.74, 6) is -1.87. The van der Waals surface area contributed by atoms with Gasteiger partial charge in [0, 0.05) is 33.4 Å². The van der Waals surface area contributed by atoms with Crippen molar-refractivity contribution in [3.8, 4) is 0 Å². The number of benzene rings is 2. The second-order valence-corrected chi connectivity index (χ2v) is 9.15. The molecule has 3 aromatic rings. The molecule has 8 heteroatoms. The van der Waals surface area contributed by atoms with Crippen molar-refractivity contribution in [1.82, 2.24) is 15.2 Å². The summed E-state index contributed by atoms with van der Waals surface area (Å²) in [6.45, 7) is 3.14. The molecule has 0 saturated carbocycles. The summed E-state index contributed by atoms with van der Waals surface area (Å²) in [7, 11) is 0. The topological polar surface area (TPSA) is 115 Å². The van der Waals surface area contributed by atoms with Gasteiger partial charge in [0.15, 0.2) is 0 Å². The fraction of sp³-hybridized carbons (Fsp3) is 0.296. The Morgan fingerprint density at radius 1 is 1.09 bits per heavy atom. The van der Waals surface area contributed by atoms with Crippen molar-refractivity contribution in [1.29, 1.82) is 0 Å². The Labute approximate surface area is 203 Å². The Hall–Kier alpha value is -3.91. The number of carboxylic acids is 1. The Balaban J connectivity index is 1.31. The standard InChI is InChI=1S/C27H28N4O4/c32-25(33)16-28-26(34)18-6-7-21-22(27(35)30-24(21)14-18)15-20-13-19-12-17(5-8-23(19)29-20)4-3-11-31-9-1-2-10-31/h5-8,12-15,29H,1-4,9-11,16H2,(H,28,34)(H,30,35)(H,32,33)/b22-15+. The van der Waals surface area contributed by atoms with Gasteiger partial charge in [0.05, 0.1) is 5.57 Å². The quantitative estimate of drug-likeness (QED) is 0.375. The van der Waals surface area contributed by atoms with E-state index in [1.807, 2.05) is 12.1 Å². The summed E-state index contributed by atoms with van der Waals surface area (Å²) in [4.78, 5) is 41.4. The van der Waals surface area contributed by atoms with Crippen LogP contribution in [0.25, 0.3) is 22.6 Å². The van der Waals surface area contributed by atoms with Crippen molar-refractivity contribution in [3.63, 3.8) is 0 Å². The van der Waals surface area contributed by atoms with Crippen molar-refractivity contribution in [2.75, 3.05) is 31.5 Å². The molecule has 0 bridgehead atoms. The van der Waals surface area contributed by atoms with Gasteiger partial charge in [-0.25, -0.2) is 0 Å². The second kappa shape index (κ2) is 9.76. The molecule has 0 atom stereocenters. The fourth-order valence-electron chi connectivity index (χ4n) is 4.84. The molecule has 0 spiro atoms. The maximum Gasteiger partial charge on any atom is 0.322 e. The number of carbonyl (C=O) groups is 3. The van der Waals surface area contributed by atoms with Crippen LogP contribution in [-0.2, 0) is 16.0 Å². The summed E-state index contributed by atoms with van der Waals surface area (Å²) in [5.41, 5.74) is 5.18. The monoisotopic (exact) mass is 472 g/mol. The number of rotatable bonds is 8. The van der Waals surface area contributed by atoms with E-state index in [1.165, 1.54) is 31.5 Å². The van der Waals surface area contributed by atoms with Gasteiger partial charge in [-0.15, -0.1) is 0 Å². The maximum atomic E-state index is 12.7. The lowest BCUT2D eigenvalue weighted by atomic mass is 10.0. The van der Waals surface area contributed by atoms with E-state index >= 15 is 0 Å². The molecule has 2 aromatic carbocycles. The number of fused-ring (bicyclic) bond motifs is 2. The molecule has 4 N–H and O–H groups in total. The van der Waals surface area contributed by atoms with E-state index in [0.717, 1.165) is 36.0 Å². The minimum Gasteiger partial charge on any atom is -0.480 e. The summed E-state index contributed by atoms with van der Waals surface area (Å²) in [6.07, 6.45) is 6.66. The highest BCUT2D eigenvalue weighted by molar-refractivity contribution is 6.35. The predicted molar refractivity (Wildman–Crippen MR) is 135 cm³/mol. The van der Waals surface area contributed by atoms with Gasteiger partial charge < -0.3 is 25.6 Å². The van der Waals surface area contributed by atoms with Gasteiger partial charge in [0.25, 0.3) is 11.8 Å². The maximum absolute atomic E-state index is 12.7. The second-order valence-electron chi connectivity index (χ2n) is 9.15. The molecule has 8 nitrogen and oxygen atoms in total. The molecule has 1 saturated heterocycles. The predicted octanol–water partition coefficient (Wildman–Crippen LogP) is 3.50. The number of hydrogen-bond acceptors (Lipinski definition) is 4. The molecule has 2 aliphatic heterocycles. The number of aromatic amines is 1. The third kappa shape index (κ3) is 5.12. The van der Waals surface area contributed by atoms with E-state index < -0.39 is 18.4 Å². The number of H-pyrrole nitrogens is 1. The first-order valence-corrected chi connectivity index (χ1v) is 12.0. The number of aryl methyl sites for hydroxylation is 1. The summed E-state index contributed by atoms with van der Waals surface area (Å²) >= 11 is 0. The number of likely N-dealkylation sites (tertiary alicyclic amines) is 1. The third-order valence-corrected chi connectivity index (χ3v) is 6.61. The minimum absolute atomic E-state index is 0.246. The molecule has 0 radical (unpaired) electrons. The van der Waals surface area contributed by atoms with Crippen LogP contribution in [0.4, 0.5) is 5.69 Å². The van der Waals surface area contributed by atoms with Crippen LogP contribution in [0, 0.1) is 0 Å².